The molecule has 154 valence electrons. The predicted octanol–water partition coefficient (Wildman–Crippen LogP) is 5.19. The fourth-order valence-corrected chi connectivity index (χ4v) is 3.62. The van der Waals surface area contributed by atoms with Gasteiger partial charge < -0.3 is 15.0 Å². The van der Waals surface area contributed by atoms with Crippen LogP contribution < -0.4 is 10.1 Å². The molecule has 1 aliphatic heterocycles. The van der Waals surface area contributed by atoms with Crippen molar-refractivity contribution in [2.75, 3.05) is 18.4 Å². The molecule has 29 heavy (non-hydrogen) atoms. The van der Waals surface area contributed by atoms with E-state index < -0.39 is 6.61 Å². The van der Waals surface area contributed by atoms with Crippen molar-refractivity contribution in [3.8, 4) is 5.75 Å². The Morgan fingerprint density at radius 3 is 2.38 bits per heavy atom. The van der Waals surface area contributed by atoms with E-state index in [1.807, 2.05) is 12.1 Å². The van der Waals surface area contributed by atoms with Crippen LogP contribution in [0.5, 0.6) is 5.75 Å². The number of amides is 2. The molecule has 0 spiro atoms. The standard InChI is InChI=1S/C20H18BrClF2N2O3/c21-14-3-1-13(2-4-14)19(28)26-9-7-12(8-10-26)18(27)25-15-5-6-17(16(22)11-15)29-20(23)24/h1-6,11-12,20H,7-10H2,(H,25,27). The molecule has 5 nitrogen and oxygen atoms in total. The molecule has 1 fully saturated rings. The van der Waals surface area contributed by atoms with Gasteiger partial charge in [0.1, 0.15) is 5.75 Å². The van der Waals surface area contributed by atoms with Crippen LogP contribution in [0.2, 0.25) is 5.02 Å². The molecule has 9 heteroatoms. The van der Waals surface area contributed by atoms with Crippen LogP contribution in [0, 0.1) is 5.92 Å². The molecule has 0 atom stereocenters. The summed E-state index contributed by atoms with van der Waals surface area (Å²) in [7, 11) is 0. The van der Waals surface area contributed by atoms with Crippen molar-refractivity contribution in [1.82, 2.24) is 4.90 Å². The Morgan fingerprint density at radius 1 is 1.14 bits per heavy atom. The Labute approximate surface area is 180 Å². The number of carbonyl (C=O) groups excluding carboxylic acids is 2. The average Bonchev–Trinajstić information content (AvgIpc) is 2.70. The van der Waals surface area contributed by atoms with E-state index in [4.69, 9.17) is 11.6 Å². The zero-order valence-electron chi connectivity index (χ0n) is 15.2. The number of piperidine rings is 1. The SMILES string of the molecule is O=C(Nc1ccc(OC(F)F)c(Cl)c1)C1CCN(C(=O)c2ccc(Br)cc2)CC1. The third-order valence-electron chi connectivity index (χ3n) is 4.66. The van der Waals surface area contributed by atoms with E-state index in [2.05, 4.69) is 26.0 Å². The molecule has 2 aromatic rings. The highest BCUT2D eigenvalue weighted by Crippen LogP contribution is 2.29. The minimum atomic E-state index is -2.97. The number of carbonyl (C=O) groups is 2. The minimum Gasteiger partial charge on any atom is -0.433 e. The maximum Gasteiger partial charge on any atom is 0.387 e. The van der Waals surface area contributed by atoms with E-state index in [0.29, 0.717) is 37.2 Å². The second-order valence-corrected chi connectivity index (χ2v) is 7.91. The lowest BCUT2D eigenvalue weighted by Gasteiger charge is -2.31. The number of benzene rings is 2. The van der Waals surface area contributed by atoms with Gasteiger partial charge in [0.05, 0.1) is 5.02 Å². The topological polar surface area (TPSA) is 58.6 Å². The number of rotatable bonds is 5. The molecular weight excluding hydrogens is 470 g/mol. The summed E-state index contributed by atoms with van der Waals surface area (Å²) in [5, 5.41) is 2.72. The first-order chi connectivity index (χ1) is 13.8. The van der Waals surface area contributed by atoms with Crippen molar-refractivity contribution in [3.05, 3.63) is 57.5 Å². The van der Waals surface area contributed by atoms with Crippen LogP contribution in [0.25, 0.3) is 0 Å². The van der Waals surface area contributed by atoms with E-state index in [1.165, 1.54) is 18.2 Å². The van der Waals surface area contributed by atoms with Gasteiger partial charge in [-0.3, -0.25) is 9.59 Å². The molecule has 0 aliphatic carbocycles. The number of ether oxygens (including phenoxy) is 1. The number of halogens is 4. The molecule has 1 heterocycles. The third kappa shape index (κ3) is 5.67. The van der Waals surface area contributed by atoms with Gasteiger partial charge in [-0.05, 0) is 55.3 Å². The van der Waals surface area contributed by atoms with Crippen LogP contribution in [0.4, 0.5) is 14.5 Å². The summed E-state index contributed by atoms with van der Waals surface area (Å²) in [4.78, 5) is 26.8. The second-order valence-electron chi connectivity index (χ2n) is 6.59. The number of hydrogen-bond acceptors (Lipinski definition) is 3. The number of anilines is 1. The van der Waals surface area contributed by atoms with E-state index >= 15 is 0 Å². The van der Waals surface area contributed by atoms with Gasteiger partial charge >= 0.3 is 6.61 Å². The Kier molecular flexibility index (Phi) is 7.08. The van der Waals surface area contributed by atoms with Crippen LogP contribution in [-0.4, -0.2) is 36.4 Å². The smallest absolute Gasteiger partial charge is 0.387 e. The van der Waals surface area contributed by atoms with Crippen molar-refractivity contribution in [2.24, 2.45) is 5.92 Å². The quantitative estimate of drug-likeness (QED) is 0.631. The van der Waals surface area contributed by atoms with E-state index in [0.717, 1.165) is 4.47 Å². The van der Waals surface area contributed by atoms with Crippen molar-refractivity contribution in [3.63, 3.8) is 0 Å². The summed E-state index contributed by atoms with van der Waals surface area (Å²) in [5.74, 6) is -0.656. The molecule has 2 aromatic carbocycles. The minimum absolute atomic E-state index is 0.0157. The maximum atomic E-state index is 12.6. The third-order valence-corrected chi connectivity index (χ3v) is 5.48. The Hall–Kier alpha value is -2.19. The number of nitrogens with one attached hydrogen (secondary N) is 1. The second kappa shape index (κ2) is 9.54. The molecule has 2 amide bonds. The number of likely N-dealkylation sites (tertiary alicyclic amines) is 1. The fraction of sp³-hybridized carbons (Fsp3) is 0.300. The van der Waals surface area contributed by atoms with Crippen molar-refractivity contribution >= 4 is 45.0 Å². The molecule has 0 bridgehead atoms. The highest BCUT2D eigenvalue weighted by Gasteiger charge is 2.28. The lowest BCUT2D eigenvalue weighted by Crippen LogP contribution is -2.41. The van der Waals surface area contributed by atoms with Crippen molar-refractivity contribution in [2.45, 2.75) is 19.5 Å². The number of nitrogens with zero attached hydrogens (tertiary/aromatic N) is 1. The molecule has 0 aromatic heterocycles. The molecule has 0 saturated carbocycles. The van der Waals surface area contributed by atoms with Crippen LogP contribution in [0.3, 0.4) is 0 Å². The van der Waals surface area contributed by atoms with Crippen LogP contribution >= 0.6 is 27.5 Å². The van der Waals surface area contributed by atoms with Gasteiger partial charge in [0, 0.05) is 34.7 Å². The Balaban J connectivity index is 1.54. The van der Waals surface area contributed by atoms with E-state index in [1.54, 1.807) is 17.0 Å². The van der Waals surface area contributed by atoms with Crippen LogP contribution in [0.1, 0.15) is 23.2 Å². The largest absolute Gasteiger partial charge is 0.433 e. The molecular formula is C20H18BrClF2N2O3. The first-order valence-electron chi connectivity index (χ1n) is 8.93. The lowest BCUT2D eigenvalue weighted by molar-refractivity contribution is -0.121. The predicted molar refractivity (Wildman–Crippen MR) is 109 cm³/mol. The van der Waals surface area contributed by atoms with Crippen molar-refractivity contribution < 1.29 is 23.1 Å². The fourth-order valence-electron chi connectivity index (χ4n) is 3.13. The molecule has 1 N–H and O–H groups in total. The van der Waals surface area contributed by atoms with Gasteiger partial charge in [-0.15, -0.1) is 0 Å². The zero-order valence-corrected chi connectivity index (χ0v) is 17.6. The van der Waals surface area contributed by atoms with Gasteiger partial charge in [-0.2, -0.15) is 8.78 Å². The summed E-state index contributed by atoms with van der Waals surface area (Å²) in [6.07, 6.45) is 1.07. The molecule has 1 saturated heterocycles. The Bertz CT molecular complexity index is 888. The summed E-state index contributed by atoms with van der Waals surface area (Å²) >= 11 is 9.25. The lowest BCUT2D eigenvalue weighted by atomic mass is 9.95. The summed E-state index contributed by atoms with van der Waals surface area (Å²) in [6.45, 7) is -2.01. The zero-order chi connectivity index (χ0) is 21.0. The number of hydrogen-bond donors (Lipinski definition) is 1. The maximum absolute atomic E-state index is 12.6. The van der Waals surface area contributed by atoms with Gasteiger partial charge in [-0.25, -0.2) is 0 Å². The average molecular weight is 488 g/mol. The molecule has 0 radical (unpaired) electrons. The van der Waals surface area contributed by atoms with Crippen molar-refractivity contribution in [1.29, 1.82) is 0 Å². The van der Waals surface area contributed by atoms with Gasteiger partial charge in [0.15, 0.2) is 0 Å². The highest BCUT2D eigenvalue weighted by molar-refractivity contribution is 9.10. The first-order valence-corrected chi connectivity index (χ1v) is 10.1. The number of alkyl halides is 2. The Morgan fingerprint density at radius 2 is 1.79 bits per heavy atom. The van der Waals surface area contributed by atoms with Crippen LogP contribution in [-0.2, 0) is 4.79 Å². The van der Waals surface area contributed by atoms with E-state index in [9.17, 15) is 18.4 Å². The normalized spacial score (nSPS) is 14.7. The summed E-state index contributed by atoms with van der Waals surface area (Å²) in [5.41, 5.74) is 1.01. The summed E-state index contributed by atoms with van der Waals surface area (Å²) in [6, 6.07) is 11.2. The monoisotopic (exact) mass is 486 g/mol. The van der Waals surface area contributed by atoms with Gasteiger partial charge in [0.2, 0.25) is 5.91 Å². The van der Waals surface area contributed by atoms with Gasteiger partial charge in [-0.1, -0.05) is 27.5 Å². The molecule has 0 unspecified atom stereocenters. The van der Waals surface area contributed by atoms with E-state index in [-0.39, 0.29) is 28.5 Å². The first kappa shape index (κ1) is 21.5. The highest BCUT2D eigenvalue weighted by atomic mass is 79.9. The summed E-state index contributed by atoms with van der Waals surface area (Å²) < 4.78 is 29.8. The molecule has 3 rings (SSSR count). The van der Waals surface area contributed by atoms with Gasteiger partial charge in [0.25, 0.3) is 5.91 Å². The van der Waals surface area contributed by atoms with Crippen LogP contribution in [0.15, 0.2) is 46.9 Å². The molecule has 1 aliphatic rings.